The van der Waals surface area contributed by atoms with Crippen molar-refractivity contribution in [1.29, 1.82) is 0 Å². The zero-order valence-corrected chi connectivity index (χ0v) is 16.6. The Hall–Kier alpha value is -2.38. The lowest BCUT2D eigenvalue weighted by Crippen LogP contribution is -2.58. The number of carbonyl (C=O) groups excluding carboxylic acids is 1. The summed E-state index contributed by atoms with van der Waals surface area (Å²) in [6, 6.07) is 15.3. The van der Waals surface area contributed by atoms with Gasteiger partial charge in [0.15, 0.2) is 6.61 Å². The van der Waals surface area contributed by atoms with Crippen LogP contribution in [-0.4, -0.2) is 50.7 Å². The van der Waals surface area contributed by atoms with Crippen molar-refractivity contribution >= 4 is 15.9 Å². The molecule has 148 valence electrons. The number of carbonyl (C=O) groups is 1. The van der Waals surface area contributed by atoms with Crippen LogP contribution in [0.3, 0.4) is 0 Å². The van der Waals surface area contributed by atoms with Gasteiger partial charge in [0.25, 0.3) is 5.91 Å². The highest BCUT2D eigenvalue weighted by Crippen LogP contribution is 2.32. The maximum Gasteiger partial charge on any atom is 0.260 e. The molecule has 0 aromatic heterocycles. The minimum atomic E-state index is -3.37. The van der Waals surface area contributed by atoms with Gasteiger partial charge in [-0.2, -0.15) is 0 Å². The number of rotatable bonds is 2. The molecule has 2 aromatic rings. The highest BCUT2D eigenvalue weighted by atomic mass is 32.2. The first-order valence-corrected chi connectivity index (χ1v) is 11.4. The van der Waals surface area contributed by atoms with Crippen molar-refractivity contribution in [2.45, 2.75) is 31.3 Å². The van der Waals surface area contributed by atoms with Crippen LogP contribution in [0, 0.1) is 0 Å². The minimum Gasteiger partial charge on any atom is -0.483 e. The van der Waals surface area contributed by atoms with E-state index in [1.54, 1.807) is 4.90 Å². The largest absolute Gasteiger partial charge is 0.483 e. The van der Waals surface area contributed by atoms with Crippen LogP contribution in [0.15, 0.2) is 48.5 Å². The van der Waals surface area contributed by atoms with Crippen LogP contribution in [0.25, 0.3) is 11.1 Å². The fourth-order valence-corrected chi connectivity index (χ4v) is 5.02. The molecule has 1 amide bonds. The van der Waals surface area contributed by atoms with Gasteiger partial charge in [0.05, 0.1) is 12.3 Å². The number of ether oxygens (including phenoxy) is 1. The Balaban J connectivity index is 1.76. The fraction of sp³-hybridized carbons (Fsp3) is 0.381. The second-order valence-corrected chi connectivity index (χ2v) is 9.26. The lowest BCUT2D eigenvalue weighted by Gasteiger charge is -2.41. The summed E-state index contributed by atoms with van der Waals surface area (Å²) in [5.41, 5.74) is 3.04. The number of piperidine rings is 1. The van der Waals surface area contributed by atoms with E-state index >= 15 is 0 Å². The van der Waals surface area contributed by atoms with Crippen molar-refractivity contribution in [2.24, 2.45) is 0 Å². The second-order valence-electron chi connectivity index (χ2n) is 7.48. The summed E-state index contributed by atoms with van der Waals surface area (Å²) in [6.07, 6.45) is 3.22. The van der Waals surface area contributed by atoms with Gasteiger partial charge in [0.1, 0.15) is 5.75 Å². The molecular formula is C21H24N2O4S. The van der Waals surface area contributed by atoms with Crippen LogP contribution in [0.1, 0.15) is 18.4 Å². The van der Waals surface area contributed by atoms with Gasteiger partial charge in [0.2, 0.25) is 10.0 Å². The summed E-state index contributed by atoms with van der Waals surface area (Å²) in [7, 11) is -3.37. The van der Waals surface area contributed by atoms with E-state index in [0.29, 0.717) is 25.1 Å². The molecular weight excluding hydrogens is 376 g/mol. The zero-order valence-electron chi connectivity index (χ0n) is 15.8. The Morgan fingerprint density at radius 3 is 2.79 bits per heavy atom. The number of benzene rings is 2. The second kappa shape index (κ2) is 7.56. The van der Waals surface area contributed by atoms with Crippen molar-refractivity contribution < 1.29 is 17.9 Å². The summed E-state index contributed by atoms with van der Waals surface area (Å²) >= 11 is 0. The van der Waals surface area contributed by atoms with E-state index in [1.807, 2.05) is 42.5 Å². The normalized spacial score (nSPS) is 22.5. The van der Waals surface area contributed by atoms with Crippen LogP contribution in [0.2, 0.25) is 0 Å². The lowest BCUT2D eigenvalue weighted by atomic mass is 9.90. The van der Waals surface area contributed by atoms with Gasteiger partial charge in [-0.15, -0.1) is 0 Å². The third-order valence-electron chi connectivity index (χ3n) is 5.39. The molecule has 0 radical (unpaired) electrons. The molecule has 0 spiro atoms. The van der Waals surface area contributed by atoms with Gasteiger partial charge in [-0.05, 0) is 36.5 Å². The Morgan fingerprint density at radius 1 is 1.14 bits per heavy atom. The molecule has 2 atom stereocenters. The molecule has 2 heterocycles. The third-order valence-corrected chi connectivity index (χ3v) is 6.12. The monoisotopic (exact) mass is 400 g/mol. The van der Waals surface area contributed by atoms with Gasteiger partial charge in [-0.25, -0.2) is 13.1 Å². The smallest absolute Gasteiger partial charge is 0.260 e. The average molecular weight is 401 g/mol. The first-order valence-electron chi connectivity index (χ1n) is 9.48. The molecule has 1 N–H and O–H groups in total. The summed E-state index contributed by atoms with van der Waals surface area (Å²) in [5.74, 6) is 0.559. The number of amides is 1. The summed E-state index contributed by atoms with van der Waals surface area (Å²) in [5, 5.41) is 0. The standard InChI is InChI=1S/C21H24N2O4S/c1-28(25,26)22-18-9-5-11-23-19(18)13-15-6-4-7-16(12-15)17-8-2-3-10-20(17)27-14-21(23)24/h2-4,6-8,10,12,18-19,22H,5,9,11,13-14H2,1H3/t18-,19-/m1/s1. The van der Waals surface area contributed by atoms with E-state index in [4.69, 9.17) is 4.74 Å². The number of sulfonamides is 1. The Kier molecular flexibility index (Phi) is 5.12. The third kappa shape index (κ3) is 4.05. The zero-order chi connectivity index (χ0) is 19.7. The number of fused-ring (bicyclic) bond motifs is 5. The molecule has 28 heavy (non-hydrogen) atoms. The van der Waals surface area contributed by atoms with Crippen LogP contribution in [0.4, 0.5) is 0 Å². The molecule has 1 saturated heterocycles. The highest BCUT2D eigenvalue weighted by Gasteiger charge is 2.36. The molecule has 0 aliphatic carbocycles. The van der Waals surface area contributed by atoms with E-state index in [1.165, 1.54) is 6.26 Å². The van der Waals surface area contributed by atoms with E-state index in [-0.39, 0.29) is 24.6 Å². The number of nitrogens with zero attached hydrogens (tertiary/aromatic N) is 1. The number of nitrogens with one attached hydrogen (secondary N) is 1. The molecule has 6 nitrogen and oxygen atoms in total. The van der Waals surface area contributed by atoms with Crippen LogP contribution in [-0.2, 0) is 21.2 Å². The van der Waals surface area contributed by atoms with E-state index in [2.05, 4.69) is 10.8 Å². The SMILES string of the molecule is CS(=O)(=O)N[C@@H]1CCCN2C(=O)COc3ccccc3-c3cccc(c3)C[C@H]12. The summed E-state index contributed by atoms with van der Waals surface area (Å²) in [6.45, 7) is 0.547. The first-order chi connectivity index (χ1) is 13.4. The quantitative estimate of drug-likeness (QED) is 0.839. The van der Waals surface area contributed by atoms with E-state index in [0.717, 1.165) is 23.1 Å². The highest BCUT2D eigenvalue weighted by molar-refractivity contribution is 7.88. The van der Waals surface area contributed by atoms with Crippen molar-refractivity contribution in [3.63, 3.8) is 0 Å². The van der Waals surface area contributed by atoms with Crippen molar-refractivity contribution in [2.75, 3.05) is 19.4 Å². The topological polar surface area (TPSA) is 75.7 Å². The van der Waals surface area contributed by atoms with Crippen LogP contribution < -0.4 is 9.46 Å². The van der Waals surface area contributed by atoms with Gasteiger partial charge >= 0.3 is 0 Å². The molecule has 2 bridgehead atoms. The Labute approximate surface area is 165 Å². The van der Waals surface area contributed by atoms with Crippen molar-refractivity contribution in [1.82, 2.24) is 9.62 Å². The van der Waals surface area contributed by atoms with Gasteiger partial charge < -0.3 is 9.64 Å². The van der Waals surface area contributed by atoms with Gasteiger partial charge in [0, 0.05) is 18.2 Å². The number of para-hydroxylation sites is 1. The molecule has 2 aliphatic rings. The maximum absolute atomic E-state index is 13.0. The summed E-state index contributed by atoms with van der Waals surface area (Å²) in [4.78, 5) is 14.7. The molecule has 2 aliphatic heterocycles. The molecule has 0 saturated carbocycles. The Morgan fingerprint density at radius 2 is 1.96 bits per heavy atom. The van der Waals surface area contributed by atoms with Crippen molar-refractivity contribution in [3.05, 3.63) is 54.1 Å². The van der Waals surface area contributed by atoms with E-state index in [9.17, 15) is 13.2 Å². The molecule has 1 fully saturated rings. The fourth-order valence-electron chi connectivity index (χ4n) is 4.19. The van der Waals surface area contributed by atoms with Gasteiger partial charge in [-0.1, -0.05) is 42.5 Å². The lowest BCUT2D eigenvalue weighted by molar-refractivity contribution is -0.137. The summed E-state index contributed by atoms with van der Waals surface area (Å²) < 4.78 is 32.4. The molecule has 2 aromatic carbocycles. The van der Waals surface area contributed by atoms with Gasteiger partial charge in [-0.3, -0.25) is 4.79 Å². The van der Waals surface area contributed by atoms with Crippen molar-refractivity contribution in [3.8, 4) is 16.9 Å². The van der Waals surface area contributed by atoms with E-state index < -0.39 is 10.0 Å². The number of hydrogen-bond donors (Lipinski definition) is 1. The minimum absolute atomic E-state index is 0.0604. The van der Waals surface area contributed by atoms with Crippen LogP contribution in [0.5, 0.6) is 5.75 Å². The molecule has 7 heteroatoms. The van der Waals surface area contributed by atoms with Crippen LogP contribution >= 0.6 is 0 Å². The molecule has 0 unspecified atom stereocenters. The number of hydrogen-bond acceptors (Lipinski definition) is 4. The Bertz CT molecular complexity index is 989. The maximum atomic E-state index is 13.0. The first kappa shape index (κ1) is 19.0. The predicted molar refractivity (Wildman–Crippen MR) is 108 cm³/mol. The average Bonchev–Trinajstić information content (AvgIpc) is 2.67. The predicted octanol–water partition coefficient (Wildman–Crippen LogP) is 2.20. The molecule has 4 rings (SSSR count).